The number of pyridine rings is 1. The number of carbonyl (C=O) groups is 2. The Bertz CT molecular complexity index is 1040. The number of fused-ring (bicyclic) bond motifs is 1. The van der Waals surface area contributed by atoms with Crippen molar-refractivity contribution in [1.82, 2.24) is 20.8 Å². The van der Waals surface area contributed by atoms with Gasteiger partial charge in [-0.3, -0.25) is 9.59 Å². The molecule has 2 amide bonds. The van der Waals surface area contributed by atoms with Crippen molar-refractivity contribution in [3.63, 3.8) is 0 Å². The lowest BCUT2D eigenvalue weighted by atomic mass is 10.0. The molecule has 28 heavy (non-hydrogen) atoms. The summed E-state index contributed by atoms with van der Waals surface area (Å²) in [6, 6.07) is 7.32. The molecule has 0 saturated heterocycles. The maximum atomic E-state index is 13.2. The second-order valence-corrected chi connectivity index (χ2v) is 7.49. The quantitative estimate of drug-likeness (QED) is 0.721. The Kier molecular flexibility index (Phi) is 5.13. The number of hydrogen-bond donors (Lipinski definition) is 2. The fourth-order valence-corrected chi connectivity index (χ4v) is 2.76. The molecule has 0 spiro atoms. The molecule has 2 N–H and O–H groups in total. The molecule has 2 heterocycles. The number of aryl methyl sites for hydroxylation is 1. The van der Waals surface area contributed by atoms with E-state index in [2.05, 4.69) is 20.8 Å². The van der Waals surface area contributed by atoms with Gasteiger partial charge in [0.25, 0.3) is 11.6 Å². The van der Waals surface area contributed by atoms with Crippen molar-refractivity contribution in [3.8, 4) is 11.3 Å². The first-order chi connectivity index (χ1) is 13.1. The molecule has 0 bridgehead atoms. The minimum absolute atomic E-state index is 0.171. The van der Waals surface area contributed by atoms with Crippen LogP contribution < -0.4 is 10.6 Å². The molecule has 0 saturated carbocycles. The van der Waals surface area contributed by atoms with Gasteiger partial charge >= 0.3 is 0 Å². The molecule has 1 aromatic carbocycles. The lowest BCUT2D eigenvalue weighted by molar-refractivity contribution is -0.121. The average molecular weight is 384 g/mol. The molecule has 3 rings (SSSR count). The number of nitrogens with zero attached hydrogens (tertiary/aromatic N) is 2. The molecule has 0 fully saturated rings. The Balaban J connectivity index is 1.92. The first kappa shape index (κ1) is 19.5. The smallest absolute Gasteiger partial charge is 0.259 e. The van der Waals surface area contributed by atoms with E-state index in [4.69, 9.17) is 4.52 Å². The summed E-state index contributed by atoms with van der Waals surface area (Å²) < 4.78 is 18.4. The monoisotopic (exact) mass is 384 g/mol. The molecule has 8 heteroatoms. The first-order valence-electron chi connectivity index (χ1n) is 8.76. The van der Waals surface area contributed by atoms with E-state index in [-0.39, 0.29) is 29.5 Å². The van der Waals surface area contributed by atoms with Gasteiger partial charge in [0, 0.05) is 11.1 Å². The summed E-state index contributed by atoms with van der Waals surface area (Å²) >= 11 is 0. The van der Waals surface area contributed by atoms with Crippen molar-refractivity contribution in [2.45, 2.75) is 33.2 Å². The fraction of sp³-hybridized carbons (Fsp3) is 0.300. The molecule has 0 aliphatic rings. The van der Waals surface area contributed by atoms with Crippen molar-refractivity contribution >= 4 is 22.9 Å². The molecule has 0 atom stereocenters. The van der Waals surface area contributed by atoms with Gasteiger partial charge in [0.1, 0.15) is 5.82 Å². The van der Waals surface area contributed by atoms with Crippen molar-refractivity contribution in [1.29, 1.82) is 0 Å². The number of nitrogens with one attached hydrogen (secondary N) is 2. The average Bonchev–Trinajstić information content (AvgIpc) is 2.99. The van der Waals surface area contributed by atoms with E-state index < -0.39 is 11.4 Å². The zero-order chi connectivity index (χ0) is 20.5. The molecule has 0 aliphatic heterocycles. The standard InChI is InChI=1S/C20H21FN4O3/c1-11-17-14(18(27)22-10-16(26)24-20(2,3)4)9-15(23-19(17)28-25-11)12-5-7-13(21)8-6-12/h5-9H,10H2,1-4H3,(H,22,27)(H,24,26). The zero-order valence-electron chi connectivity index (χ0n) is 16.1. The third kappa shape index (κ3) is 4.33. The largest absolute Gasteiger partial charge is 0.350 e. The third-order valence-corrected chi connectivity index (χ3v) is 3.93. The maximum Gasteiger partial charge on any atom is 0.259 e. The predicted molar refractivity (Wildman–Crippen MR) is 102 cm³/mol. The number of aromatic nitrogens is 2. The van der Waals surface area contributed by atoms with Gasteiger partial charge in [0.15, 0.2) is 0 Å². The SMILES string of the molecule is Cc1noc2nc(-c3ccc(F)cc3)cc(C(=O)NCC(=O)NC(C)(C)C)c12. The normalized spacial score (nSPS) is 11.5. The highest BCUT2D eigenvalue weighted by molar-refractivity contribution is 6.07. The molecule has 2 aromatic heterocycles. The number of amides is 2. The van der Waals surface area contributed by atoms with E-state index in [0.717, 1.165) is 0 Å². The van der Waals surface area contributed by atoms with Crippen LogP contribution in [0.15, 0.2) is 34.9 Å². The minimum Gasteiger partial charge on any atom is -0.350 e. The summed E-state index contributed by atoms with van der Waals surface area (Å²) in [5.41, 5.74) is 1.66. The number of halogens is 1. The Morgan fingerprint density at radius 2 is 1.86 bits per heavy atom. The van der Waals surface area contributed by atoms with Crippen molar-refractivity contribution < 1.29 is 18.5 Å². The van der Waals surface area contributed by atoms with Crippen LogP contribution in [0.3, 0.4) is 0 Å². The lowest BCUT2D eigenvalue weighted by Crippen LogP contribution is -2.45. The zero-order valence-corrected chi connectivity index (χ0v) is 16.1. The van der Waals surface area contributed by atoms with E-state index in [0.29, 0.717) is 22.3 Å². The summed E-state index contributed by atoms with van der Waals surface area (Å²) in [7, 11) is 0. The van der Waals surface area contributed by atoms with Gasteiger partial charge in [0.2, 0.25) is 5.91 Å². The summed E-state index contributed by atoms with van der Waals surface area (Å²) in [5, 5.41) is 9.74. The topological polar surface area (TPSA) is 97.1 Å². The van der Waals surface area contributed by atoms with Crippen LogP contribution in [0, 0.1) is 12.7 Å². The van der Waals surface area contributed by atoms with E-state index in [1.54, 1.807) is 25.1 Å². The molecule has 146 valence electrons. The van der Waals surface area contributed by atoms with Crippen LogP contribution in [0.4, 0.5) is 4.39 Å². The highest BCUT2D eigenvalue weighted by Gasteiger charge is 2.20. The minimum atomic E-state index is -0.453. The Labute approximate surface area is 161 Å². The number of benzene rings is 1. The van der Waals surface area contributed by atoms with Gasteiger partial charge in [-0.15, -0.1) is 0 Å². The highest BCUT2D eigenvalue weighted by atomic mass is 19.1. The summed E-state index contributed by atoms with van der Waals surface area (Å²) in [6.45, 7) is 7.10. The van der Waals surface area contributed by atoms with Gasteiger partial charge in [-0.05, 0) is 58.0 Å². The third-order valence-electron chi connectivity index (χ3n) is 3.93. The van der Waals surface area contributed by atoms with Gasteiger partial charge in [-0.1, -0.05) is 5.16 Å². The second-order valence-electron chi connectivity index (χ2n) is 7.49. The Morgan fingerprint density at radius 1 is 1.18 bits per heavy atom. The molecular weight excluding hydrogens is 363 g/mol. The van der Waals surface area contributed by atoms with Crippen LogP contribution in [0.25, 0.3) is 22.4 Å². The van der Waals surface area contributed by atoms with Crippen LogP contribution in [-0.4, -0.2) is 34.0 Å². The van der Waals surface area contributed by atoms with Crippen molar-refractivity contribution in [2.75, 3.05) is 6.54 Å². The summed E-state index contributed by atoms with van der Waals surface area (Å²) in [6.07, 6.45) is 0. The van der Waals surface area contributed by atoms with Crippen LogP contribution in [0.2, 0.25) is 0 Å². The van der Waals surface area contributed by atoms with Gasteiger partial charge in [0.05, 0.1) is 28.9 Å². The van der Waals surface area contributed by atoms with Crippen LogP contribution >= 0.6 is 0 Å². The molecule has 7 nitrogen and oxygen atoms in total. The van der Waals surface area contributed by atoms with Gasteiger partial charge < -0.3 is 15.2 Å². The van der Waals surface area contributed by atoms with Crippen molar-refractivity contribution in [2.24, 2.45) is 0 Å². The number of hydrogen-bond acceptors (Lipinski definition) is 5. The summed E-state index contributed by atoms with van der Waals surface area (Å²) in [4.78, 5) is 29.1. The van der Waals surface area contributed by atoms with Gasteiger partial charge in [-0.25, -0.2) is 9.37 Å². The molecule has 3 aromatic rings. The Hall–Kier alpha value is -3.29. The van der Waals surface area contributed by atoms with Crippen LogP contribution in [0.1, 0.15) is 36.8 Å². The van der Waals surface area contributed by atoms with E-state index >= 15 is 0 Å². The van der Waals surface area contributed by atoms with E-state index in [1.165, 1.54) is 12.1 Å². The van der Waals surface area contributed by atoms with Crippen LogP contribution in [-0.2, 0) is 4.79 Å². The number of rotatable bonds is 4. The molecule has 0 radical (unpaired) electrons. The molecular formula is C20H21FN4O3. The first-order valence-corrected chi connectivity index (χ1v) is 8.76. The lowest BCUT2D eigenvalue weighted by Gasteiger charge is -2.20. The maximum absolute atomic E-state index is 13.2. The van der Waals surface area contributed by atoms with Crippen LogP contribution in [0.5, 0.6) is 0 Å². The van der Waals surface area contributed by atoms with Gasteiger partial charge in [-0.2, -0.15) is 0 Å². The molecule has 0 aliphatic carbocycles. The molecule has 0 unspecified atom stereocenters. The number of carbonyl (C=O) groups excluding carboxylic acids is 2. The fourth-order valence-electron chi connectivity index (χ4n) is 2.76. The second kappa shape index (κ2) is 7.38. The van der Waals surface area contributed by atoms with E-state index in [9.17, 15) is 14.0 Å². The highest BCUT2D eigenvalue weighted by Crippen LogP contribution is 2.27. The van der Waals surface area contributed by atoms with E-state index in [1.807, 2.05) is 20.8 Å². The summed E-state index contributed by atoms with van der Waals surface area (Å²) in [5.74, 6) is -1.12. The predicted octanol–water partition coefficient (Wildman–Crippen LogP) is 2.98. The Morgan fingerprint density at radius 3 is 2.50 bits per heavy atom. The van der Waals surface area contributed by atoms with Crippen molar-refractivity contribution in [3.05, 3.63) is 47.4 Å².